The number of alkyl halides is 1. The highest BCUT2D eigenvalue weighted by Gasteiger charge is 2.31. The molecule has 0 heterocycles. The van der Waals surface area contributed by atoms with E-state index in [1.807, 2.05) is 6.92 Å². The first-order valence-corrected chi connectivity index (χ1v) is 4.01. The largest absolute Gasteiger partial charge is 0.325 e. The van der Waals surface area contributed by atoms with E-state index in [2.05, 4.69) is 6.92 Å². The van der Waals surface area contributed by atoms with Gasteiger partial charge in [-0.3, -0.25) is 0 Å². The lowest BCUT2D eigenvalue weighted by Gasteiger charge is -2.32. The molecule has 1 rings (SSSR count). The maximum Gasteiger partial charge on any atom is 0.118 e. The van der Waals surface area contributed by atoms with Crippen molar-refractivity contribution >= 4 is 0 Å². The lowest BCUT2D eigenvalue weighted by Crippen LogP contribution is -2.42. The lowest BCUT2D eigenvalue weighted by molar-refractivity contribution is 0.122. The minimum atomic E-state index is -0.767. The zero-order valence-corrected chi connectivity index (χ0v) is 6.68. The van der Waals surface area contributed by atoms with Crippen molar-refractivity contribution in [3.63, 3.8) is 0 Å². The van der Waals surface area contributed by atoms with E-state index in [1.165, 1.54) is 0 Å². The highest BCUT2D eigenvalue weighted by molar-refractivity contribution is 4.85. The average molecular weight is 145 g/mol. The van der Waals surface area contributed by atoms with Crippen molar-refractivity contribution in [3.05, 3.63) is 0 Å². The van der Waals surface area contributed by atoms with Gasteiger partial charge in [-0.2, -0.15) is 0 Å². The molecule has 60 valence electrons. The van der Waals surface area contributed by atoms with Crippen LogP contribution in [0.3, 0.4) is 0 Å². The Labute approximate surface area is 61.8 Å². The Morgan fingerprint density at radius 1 is 1.30 bits per heavy atom. The molecule has 1 aliphatic rings. The maximum absolute atomic E-state index is 13.0. The van der Waals surface area contributed by atoms with Crippen molar-refractivity contribution in [2.24, 2.45) is 17.6 Å². The summed E-state index contributed by atoms with van der Waals surface area (Å²) in [5.41, 5.74) is 5.58. The van der Waals surface area contributed by atoms with Crippen LogP contribution in [0.15, 0.2) is 0 Å². The van der Waals surface area contributed by atoms with E-state index in [1.54, 1.807) is 0 Å². The molecule has 4 unspecified atom stereocenters. The Bertz CT molecular complexity index is 104. The van der Waals surface area contributed by atoms with Gasteiger partial charge in [0, 0.05) is 6.04 Å². The van der Waals surface area contributed by atoms with E-state index < -0.39 is 6.17 Å². The molecule has 2 N–H and O–H groups in total. The third-order valence-corrected chi connectivity index (χ3v) is 2.40. The first-order chi connectivity index (χ1) is 4.61. The third-order valence-electron chi connectivity index (χ3n) is 2.40. The molecule has 4 atom stereocenters. The standard InChI is InChI=1S/C8H16FN/c1-5-3-6(2)8(9)7(10)4-5/h5-8H,3-4,10H2,1-2H3. The van der Waals surface area contributed by atoms with Crippen LogP contribution in [0.4, 0.5) is 4.39 Å². The van der Waals surface area contributed by atoms with Crippen LogP contribution in [0.25, 0.3) is 0 Å². The second-order valence-electron chi connectivity index (χ2n) is 3.66. The summed E-state index contributed by atoms with van der Waals surface area (Å²) < 4.78 is 13.0. The van der Waals surface area contributed by atoms with Crippen LogP contribution in [-0.4, -0.2) is 12.2 Å². The van der Waals surface area contributed by atoms with Gasteiger partial charge in [-0.15, -0.1) is 0 Å². The normalized spacial score (nSPS) is 49.2. The van der Waals surface area contributed by atoms with Crippen LogP contribution < -0.4 is 5.73 Å². The third kappa shape index (κ3) is 1.48. The summed E-state index contributed by atoms with van der Waals surface area (Å²) in [4.78, 5) is 0. The van der Waals surface area contributed by atoms with Gasteiger partial charge in [0.25, 0.3) is 0 Å². The van der Waals surface area contributed by atoms with Crippen molar-refractivity contribution in [2.45, 2.75) is 38.9 Å². The summed E-state index contributed by atoms with van der Waals surface area (Å²) in [6.07, 6.45) is 1.08. The Hall–Kier alpha value is -0.110. The number of nitrogens with two attached hydrogens (primary N) is 1. The van der Waals surface area contributed by atoms with E-state index in [0.717, 1.165) is 12.8 Å². The van der Waals surface area contributed by atoms with Crippen LogP contribution in [0, 0.1) is 11.8 Å². The summed E-state index contributed by atoms with van der Waals surface area (Å²) in [6, 6.07) is -0.209. The summed E-state index contributed by atoms with van der Waals surface area (Å²) in [6.45, 7) is 4.09. The Kier molecular flexibility index (Phi) is 2.29. The number of halogens is 1. The molecule has 2 heteroatoms. The molecule has 0 aromatic carbocycles. The minimum absolute atomic E-state index is 0.166. The topological polar surface area (TPSA) is 26.0 Å². The van der Waals surface area contributed by atoms with Crippen LogP contribution in [0.1, 0.15) is 26.7 Å². The van der Waals surface area contributed by atoms with E-state index in [4.69, 9.17) is 5.73 Å². The SMILES string of the molecule is CC1CC(C)C(F)C(N)C1. The molecule has 0 amide bonds. The summed E-state index contributed by atoms with van der Waals surface area (Å²) in [5, 5.41) is 0. The molecule has 0 aliphatic heterocycles. The van der Waals surface area contributed by atoms with Gasteiger partial charge in [-0.05, 0) is 24.7 Å². The predicted octanol–water partition coefficient (Wildman–Crippen LogP) is 1.72. The van der Waals surface area contributed by atoms with Crippen molar-refractivity contribution in [3.8, 4) is 0 Å². The minimum Gasteiger partial charge on any atom is -0.325 e. The predicted molar refractivity (Wildman–Crippen MR) is 40.4 cm³/mol. The number of hydrogen-bond acceptors (Lipinski definition) is 1. The van der Waals surface area contributed by atoms with E-state index in [0.29, 0.717) is 5.92 Å². The Morgan fingerprint density at radius 2 is 1.90 bits per heavy atom. The molecule has 0 spiro atoms. The fourth-order valence-electron chi connectivity index (χ4n) is 1.88. The molecule has 10 heavy (non-hydrogen) atoms. The molecule has 0 aromatic heterocycles. The fourth-order valence-corrected chi connectivity index (χ4v) is 1.88. The quantitative estimate of drug-likeness (QED) is 0.552. The van der Waals surface area contributed by atoms with Crippen molar-refractivity contribution in [2.75, 3.05) is 0 Å². The molecule has 0 saturated heterocycles. The maximum atomic E-state index is 13.0. The Morgan fingerprint density at radius 3 is 2.40 bits per heavy atom. The van der Waals surface area contributed by atoms with E-state index in [9.17, 15) is 4.39 Å². The van der Waals surface area contributed by atoms with Gasteiger partial charge < -0.3 is 5.73 Å². The average Bonchev–Trinajstić information content (AvgIpc) is 1.82. The highest BCUT2D eigenvalue weighted by Crippen LogP contribution is 2.29. The van der Waals surface area contributed by atoms with Gasteiger partial charge >= 0.3 is 0 Å². The molecule has 1 nitrogen and oxygen atoms in total. The highest BCUT2D eigenvalue weighted by atomic mass is 19.1. The van der Waals surface area contributed by atoms with E-state index in [-0.39, 0.29) is 12.0 Å². The zero-order valence-electron chi connectivity index (χ0n) is 6.68. The molecule has 1 saturated carbocycles. The zero-order chi connectivity index (χ0) is 7.72. The van der Waals surface area contributed by atoms with Crippen LogP contribution in [0.2, 0.25) is 0 Å². The molecular formula is C8H16FN. The molecular weight excluding hydrogens is 129 g/mol. The van der Waals surface area contributed by atoms with Crippen molar-refractivity contribution in [1.29, 1.82) is 0 Å². The fraction of sp³-hybridized carbons (Fsp3) is 1.00. The summed E-state index contributed by atoms with van der Waals surface area (Å²) in [5.74, 6) is 0.774. The van der Waals surface area contributed by atoms with Crippen LogP contribution in [-0.2, 0) is 0 Å². The van der Waals surface area contributed by atoms with Gasteiger partial charge in [0.15, 0.2) is 0 Å². The molecule has 1 aliphatic carbocycles. The molecule has 0 bridgehead atoms. The molecule has 0 radical (unpaired) electrons. The second kappa shape index (κ2) is 2.87. The number of rotatable bonds is 0. The van der Waals surface area contributed by atoms with Crippen LogP contribution in [0.5, 0.6) is 0 Å². The van der Waals surface area contributed by atoms with Crippen molar-refractivity contribution < 1.29 is 4.39 Å². The van der Waals surface area contributed by atoms with Crippen LogP contribution >= 0.6 is 0 Å². The smallest absolute Gasteiger partial charge is 0.118 e. The first kappa shape index (κ1) is 7.99. The van der Waals surface area contributed by atoms with Gasteiger partial charge in [-0.1, -0.05) is 13.8 Å². The molecule has 0 aromatic rings. The van der Waals surface area contributed by atoms with Gasteiger partial charge in [0.2, 0.25) is 0 Å². The summed E-state index contributed by atoms with van der Waals surface area (Å²) >= 11 is 0. The lowest BCUT2D eigenvalue weighted by atomic mass is 9.79. The number of hydrogen-bond donors (Lipinski definition) is 1. The monoisotopic (exact) mass is 145 g/mol. The van der Waals surface area contributed by atoms with Gasteiger partial charge in [0.1, 0.15) is 6.17 Å². The van der Waals surface area contributed by atoms with E-state index >= 15 is 0 Å². The van der Waals surface area contributed by atoms with Crippen molar-refractivity contribution in [1.82, 2.24) is 0 Å². The summed E-state index contributed by atoms with van der Waals surface area (Å²) in [7, 11) is 0. The van der Waals surface area contributed by atoms with Gasteiger partial charge in [0.05, 0.1) is 0 Å². The first-order valence-electron chi connectivity index (χ1n) is 4.01. The Balaban J connectivity index is 2.49. The van der Waals surface area contributed by atoms with Gasteiger partial charge in [-0.25, -0.2) is 4.39 Å². The second-order valence-corrected chi connectivity index (χ2v) is 3.66. The molecule has 1 fully saturated rings.